The Hall–Kier alpha value is -2.48. The summed E-state index contributed by atoms with van der Waals surface area (Å²) in [4.78, 5) is 21.4. The summed E-state index contributed by atoms with van der Waals surface area (Å²) in [5.41, 5.74) is 7.65. The summed E-state index contributed by atoms with van der Waals surface area (Å²) in [5, 5.41) is 8.03. The number of nitrogens with one attached hydrogen (secondary N) is 1. The van der Waals surface area contributed by atoms with Gasteiger partial charge in [-0.3, -0.25) is 14.5 Å². The zero-order valence-electron chi connectivity index (χ0n) is 16.6. The monoisotopic (exact) mass is 410 g/mol. The van der Waals surface area contributed by atoms with Crippen molar-refractivity contribution in [3.63, 3.8) is 0 Å². The number of fused-ring (bicyclic) bond motifs is 1. The first-order chi connectivity index (χ1) is 14.1. The van der Waals surface area contributed by atoms with Crippen molar-refractivity contribution >= 4 is 34.4 Å². The third-order valence-corrected chi connectivity index (χ3v) is 7.84. The number of nitrogens with zero attached hydrogens (tertiary/aromatic N) is 4. The lowest BCUT2D eigenvalue weighted by molar-refractivity contribution is 0.225. The van der Waals surface area contributed by atoms with Crippen molar-refractivity contribution in [3.05, 3.63) is 34.7 Å². The molecule has 3 N–H and O–H groups in total. The van der Waals surface area contributed by atoms with Gasteiger partial charge in [0.15, 0.2) is 0 Å². The molecule has 0 radical (unpaired) electrons. The van der Waals surface area contributed by atoms with E-state index < -0.39 is 0 Å². The molecule has 0 amide bonds. The fraction of sp³-hybridized carbons (Fsp3) is 0.476. The number of piperidine rings is 1. The number of rotatable bonds is 3. The van der Waals surface area contributed by atoms with Gasteiger partial charge in [-0.2, -0.15) is 10.1 Å². The molecule has 7 nitrogen and oxygen atoms in total. The van der Waals surface area contributed by atoms with Crippen molar-refractivity contribution in [3.8, 4) is 0 Å². The Labute approximate surface area is 173 Å². The van der Waals surface area contributed by atoms with Crippen molar-refractivity contribution in [1.29, 1.82) is 0 Å². The lowest BCUT2D eigenvalue weighted by atomic mass is 9.77. The smallest absolute Gasteiger partial charge is 0.270 e. The van der Waals surface area contributed by atoms with Crippen LogP contribution in [0.5, 0.6) is 0 Å². The summed E-state index contributed by atoms with van der Waals surface area (Å²) in [6, 6.07) is 5.88. The van der Waals surface area contributed by atoms with Crippen LogP contribution in [0.4, 0.5) is 11.8 Å². The zero-order valence-corrected chi connectivity index (χ0v) is 17.5. The average Bonchev–Trinajstić information content (AvgIpc) is 3.39. The third-order valence-electron chi connectivity index (χ3n) is 6.68. The predicted molar refractivity (Wildman–Crippen MR) is 116 cm³/mol. The molecule has 2 aromatic heterocycles. The molecule has 1 aliphatic heterocycles. The maximum atomic E-state index is 13.2. The van der Waals surface area contributed by atoms with Gasteiger partial charge in [-0.25, -0.2) is 0 Å². The lowest BCUT2D eigenvalue weighted by Crippen LogP contribution is -2.42. The standard InChI is InChI=1S/C21H26N6OS/c1-26-19(28)17(29-16-6-4-5-15-14(16)13-23-25-15)18(22)24-20(26)27-11-9-21(10-12-27)7-2-3-8-21/h4-6,13H,2-3,7-12,22H2,1H3,(H,23,25). The van der Waals surface area contributed by atoms with Gasteiger partial charge in [0.1, 0.15) is 10.7 Å². The minimum absolute atomic E-state index is 0.0980. The summed E-state index contributed by atoms with van der Waals surface area (Å²) in [7, 11) is 1.80. The van der Waals surface area contributed by atoms with E-state index in [-0.39, 0.29) is 5.56 Å². The molecule has 2 aliphatic rings. The van der Waals surface area contributed by atoms with Gasteiger partial charge in [0.2, 0.25) is 5.95 Å². The second kappa shape index (κ2) is 7.09. The highest BCUT2D eigenvalue weighted by molar-refractivity contribution is 7.99. The van der Waals surface area contributed by atoms with Crippen molar-refractivity contribution in [2.45, 2.75) is 48.3 Å². The molecule has 0 atom stereocenters. The number of aromatic amines is 1. The molecule has 8 heteroatoms. The molecule has 3 aromatic rings. The van der Waals surface area contributed by atoms with Crippen LogP contribution in [0.25, 0.3) is 10.9 Å². The molecule has 29 heavy (non-hydrogen) atoms. The lowest BCUT2D eigenvalue weighted by Gasteiger charge is -2.40. The van der Waals surface area contributed by atoms with Crippen LogP contribution in [0.3, 0.4) is 0 Å². The van der Waals surface area contributed by atoms with E-state index in [9.17, 15) is 4.79 Å². The Morgan fingerprint density at radius 2 is 1.93 bits per heavy atom. The average molecular weight is 411 g/mol. The van der Waals surface area contributed by atoms with Gasteiger partial charge in [-0.1, -0.05) is 30.7 Å². The van der Waals surface area contributed by atoms with E-state index in [0.29, 0.717) is 22.1 Å². The minimum atomic E-state index is -0.0980. The van der Waals surface area contributed by atoms with Gasteiger partial charge in [0.25, 0.3) is 5.56 Å². The highest BCUT2D eigenvalue weighted by Crippen LogP contribution is 2.46. The summed E-state index contributed by atoms with van der Waals surface area (Å²) in [5.74, 6) is 0.987. The largest absolute Gasteiger partial charge is 0.382 e. The summed E-state index contributed by atoms with van der Waals surface area (Å²) >= 11 is 1.36. The third kappa shape index (κ3) is 3.19. The van der Waals surface area contributed by atoms with E-state index in [0.717, 1.165) is 28.9 Å². The molecule has 1 spiro atoms. The van der Waals surface area contributed by atoms with Gasteiger partial charge in [0.05, 0.1) is 11.7 Å². The van der Waals surface area contributed by atoms with Gasteiger partial charge in [-0.15, -0.1) is 0 Å². The molecule has 1 aliphatic carbocycles. The minimum Gasteiger partial charge on any atom is -0.382 e. The molecule has 1 saturated carbocycles. The SMILES string of the molecule is Cn1c(N2CCC3(CCCC3)CC2)nc(N)c(Sc2cccc3[nH]ncc23)c1=O. The Kier molecular flexibility index (Phi) is 4.53. The van der Waals surface area contributed by atoms with Crippen LogP contribution in [0, 0.1) is 5.41 Å². The fourth-order valence-electron chi connectivity index (χ4n) is 4.91. The Morgan fingerprint density at radius 3 is 2.69 bits per heavy atom. The van der Waals surface area contributed by atoms with Crippen molar-refractivity contribution < 1.29 is 0 Å². The van der Waals surface area contributed by atoms with Gasteiger partial charge >= 0.3 is 0 Å². The molecule has 152 valence electrons. The predicted octanol–water partition coefficient (Wildman–Crippen LogP) is 3.55. The normalized spacial score (nSPS) is 18.7. The molecule has 1 aromatic carbocycles. The first-order valence-electron chi connectivity index (χ1n) is 10.3. The van der Waals surface area contributed by atoms with Crippen LogP contribution in [-0.4, -0.2) is 32.8 Å². The molecule has 0 bridgehead atoms. The van der Waals surface area contributed by atoms with Crippen molar-refractivity contribution in [2.75, 3.05) is 23.7 Å². The van der Waals surface area contributed by atoms with Crippen LogP contribution < -0.4 is 16.2 Å². The highest BCUT2D eigenvalue weighted by Gasteiger charge is 2.37. The number of benzene rings is 1. The maximum Gasteiger partial charge on any atom is 0.270 e. The zero-order chi connectivity index (χ0) is 20.0. The van der Waals surface area contributed by atoms with E-state index in [1.54, 1.807) is 17.8 Å². The fourth-order valence-corrected chi connectivity index (χ4v) is 5.92. The maximum absolute atomic E-state index is 13.2. The van der Waals surface area contributed by atoms with E-state index in [2.05, 4.69) is 20.1 Å². The second-order valence-electron chi connectivity index (χ2n) is 8.37. The quantitative estimate of drug-likeness (QED) is 0.686. The molecular formula is C21H26N6OS. The molecule has 2 fully saturated rings. The number of nitrogens with two attached hydrogens (primary N) is 1. The topological polar surface area (TPSA) is 92.8 Å². The van der Waals surface area contributed by atoms with Gasteiger partial charge in [0, 0.05) is 30.4 Å². The molecule has 3 heterocycles. The molecule has 0 unspecified atom stereocenters. The molecular weight excluding hydrogens is 384 g/mol. The second-order valence-corrected chi connectivity index (χ2v) is 9.43. The van der Waals surface area contributed by atoms with Crippen LogP contribution in [-0.2, 0) is 7.05 Å². The number of hydrogen-bond donors (Lipinski definition) is 2. The number of H-pyrrole nitrogens is 1. The summed E-state index contributed by atoms with van der Waals surface area (Å²) in [6.45, 7) is 1.89. The van der Waals surface area contributed by atoms with Crippen LogP contribution >= 0.6 is 11.8 Å². The highest BCUT2D eigenvalue weighted by atomic mass is 32.2. The summed E-state index contributed by atoms with van der Waals surface area (Å²) < 4.78 is 1.65. The number of anilines is 2. The van der Waals surface area contributed by atoms with Gasteiger partial charge < -0.3 is 10.6 Å². The van der Waals surface area contributed by atoms with E-state index >= 15 is 0 Å². The first kappa shape index (κ1) is 18.5. The van der Waals surface area contributed by atoms with Crippen molar-refractivity contribution in [2.24, 2.45) is 12.5 Å². The van der Waals surface area contributed by atoms with E-state index in [1.807, 2.05) is 18.2 Å². The summed E-state index contributed by atoms with van der Waals surface area (Å²) in [6.07, 6.45) is 9.56. The van der Waals surface area contributed by atoms with Crippen LogP contribution in [0.15, 0.2) is 39.0 Å². The number of hydrogen-bond acceptors (Lipinski definition) is 6. The number of nitrogen functional groups attached to an aromatic ring is 1. The van der Waals surface area contributed by atoms with Crippen LogP contribution in [0.1, 0.15) is 38.5 Å². The Balaban J connectivity index is 1.43. The molecule has 1 saturated heterocycles. The number of aromatic nitrogens is 4. The Bertz CT molecular complexity index is 1100. The van der Waals surface area contributed by atoms with Gasteiger partial charge in [-0.05, 0) is 43.2 Å². The van der Waals surface area contributed by atoms with E-state index in [4.69, 9.17) is 5.73 Å². The first-order valence-corrected chi connectivity index (χ1v) is 11.1. The molecule has 5 rings (SSSR count). The van der Waals surface area contributed by atoms with Crippen LogP contribution in [0.2, 0.25) is 0 Å². The van der Waals surface area contributed by atoms with Crippen molar-refractivity contribution in [1.82, 2.24) is 19.7 Å². The Morgan fingerprint density at radius 1 is 1.17 bits per heavy atom. The van der Waals surface area contributed by atoms with E-state index in [1.165, 1.54) is 50.3 Å².